The normalized spacial score (nSPS) is 23.1. The first-order valence-electron chi connectivity index (χ1n) is 7.04. The summed E-state index contributed by atoms with van der Waals surface area (Å²) in [6, 6.07) is 4.01. The molecule has 0 radical (unpaired) electrons. The average molecular weight is 268 g/mol. The van der Waals surface area contributed by atoms with Gasteiger partial charge in [-0.3, -0.25) is 4.90 Å². The second-order valence-corrected chi connectivity index (χ2v) is 5.35. The largest absolute Gasteiger partial charge is 0.329 e. The van der Waals surface area contributed by atoms with Gasteiger partial charge in [0, 0.05) is 24.2 Å². The molecule has 0 spiro atoms. The second kappa shape index (κ2) is 6.44. The SMILES string of the molecule is CC1CCCCCN1C(CN)c1ccc(F)cc1F. The van der Waals surface area contributed by atoms with Gasteiger partial charge < -0.3 is 5.73 Å². The van der Waals surface area contributed by atoms with Gasteiger partial charge in [-0.05, 0) is 32.4 Å². The number of hydrogen-bond donors (Lipinski definition) is 1. The molecule has 0 saturated carbocycles. The summed E-state index contributed by atoms with van der Waals surface area (Å²) < 4.78 is 27.0. The Kier molecular flexibility index (Phi) is 4.88. The summed E-state index contributed by atoms with van der Waals surface area (Å²) in [6.07, 6.45) is 4.65. The molecule has 1 heterocycles. The maximum absolute atomic E-state index is 13.9. The summed E-state index contributed by atoms with van der Waals surface area (Å²) in [6.45, 7) is 3.45. The third-order valence-electron chi connectivity index (χ3n) is 4.05. The lowest BCUT2D eigenvalue weighted by Gasteiger charge is -2.35. The van der Waals surface area contributed by atoms with Crippen LogP contribution in [0.2, 0.25) is 0 Å². The highest BCUT2D eigenvalue weighted by Crippen LogP contribution is 2.29. The van der Waals surface area contributed by atoms with Gasteiger partial charge in [0.2, 0.25) is 0 Å². The van der Waals surface area contributed by atoms with Crippen LogP contribution >= 0.6 is 0 Å². The summed E-state index contributed by atoms with van der Waals surface area (Å²) in [5, 5.41) is 0. The lowest BCUT2D eigenvalue weighted by atomic mass is 10.0. The average Bonchev–Trinajstić information content (AvgIpc) is 2.58. The van der Waals surface area contributed by atoms with Crippen molar-refractivity contribution in [3.05, 3.63) is 35.4 Å². The van der Waals surface area contributed by atoms with Gasteiger partial charge in [0.25, 0.3) is 0 Å². The summed E-state index contributed by atoms with van der Waals surface area (Å²) in [5.41, 5.74) is 6.37. The minimum absolute atomic E-state index is 0.159. The van der Waals surface area contributed by atoms with Crippen molar-refractivity contribution in [3.8, 4) is 0 Å². The predicted octanol–water partition coefficient (Wildman–Crippen LogP) is 3.23. The van der Waals surface area contributed by atoms with Crippen molar-refractivity contribution in [2.45, 2.75) is 44.7 Å². The Labute approximate surface area is 113 Å². The molecule has 0 aromatic heterocycles. The number of nitrogens with two attached hydrogens (primary N) is 1. The molecule has 2 rings (SSSR count). The molecule has 0 amide bonds. The third-order valence-corrected chi connectivity index (χ3v) is 4.05. The lowest BCUT2D eigenvalue weighted by molar-refractivity contribution is 0.148. The Bertz CT molecular complexity index is 423. The van der Waals surface area contributed by atoms with E-state index in [9.17, 15) is 8.78 Å². The van der Waals surface area contributed by atoms with E-state index in [1.807, 2.05) is 0 Å². The van der Waals surface area contributed by atoms with Crippen LogP contribution in [0.3, 0.4) is 0 Å². The Hall–Kier alpha value is -1.00. The van der Waals surface area contributed by atoms with Crippen molar-refractivity contribution in [1.82, 2.24) is 4.90 Å². The lowest BCUT2D eigenvalue weighted by Crippen LogP contribution is -2.40. The van der Waals surface area contributed by atoms with Crippen molar-refractivity contribution in [2.24, 2.45) is 5.73 Å². The monoisotopic (exact) mass is 268 g/mol. The van der Waals surface area contributed by atoms with Crippen molar-refractivity contribution in [3.63, 3.8) is 0 Å². The van der Waals surface area contributed by atoms with Gasteiger partial charge >= 0.3 is 0 Å². The highest BCUT2D eigenvalue weighted by molar-refractivity contribution is 5.23. The first-order chi connectivity index (χ1) is 9.13. The molecular formula is C15H22F2N2. The van der Waals surface area contributed by atoms with Crippen LogP contribution in [-0.4, -0.2) is 24.0 Å². The minimum atomic E-state index is -0.541. The van der Waals surface area contributed by atoms with Gasteiger partial charge in [-0.25, -0.2) is 8.78 Å². The van der Waals surface area contributed by atoms with Gasteiger partial charge in [0.1, 0.15) is 11.6 Å². The van der Waals surface area contributed by atoms with Gasteiger partial charge in [0.05, 0.1) is 6.04 Å². The zero-order valence-corrected chi connectivity index (χ0v) is 11.4. The van der Waals surface area contributed by atoms with E-state index in [1.165, 1.54) is 25.0 Å². The van der Waals surface area contributed by atoms with Crippen LogP contribution in [0.25, 0.3) is 0 Å². The topological polar surface area (TPSA) is 29.3 Å². The third kappa shape index (κ3) is 3.31. The van der Waals surface area contributed by atoms with Crippen LogP contribution in [0.15, 0.2) is 18.2 Å². The highest BCUT2D eigenvalue weighted by atomic mass is 19.1. The molecule has 2 nitrogen and oxygen atoms in total. The fourth-order valence-electron chi connectivity index (χ4n) is 2.97. The summed E-state index contributed by atoms with van der Waals surface area (Å²) in [5.74, 6) is -1.03. The molecule has 1 aromatic carbocycles. The number of likely N-dealkylation sites (tertiary alicyclic amines) is 1. The molecular weight excluding hydrogens is 246 g/mol. The molecule has 1 aliphatic rings. The first-order valence-corrected chi connectivity index (χ1v) is 7.04. The molecule has 2 unspecified atom stereocenters. The van der Waals surface area contributed by atoms with Crippen molar-refractivity contribution in [2.75, 3.05) is 13.1 Å². The molecule has 0 bridgehead atoms. The van der Waals surface area contributed by atoms with Crippen molar-refractivity contribution < 1.29 is 8.78 Å². The van der Waals surface area contributed by atoms with Crippen LogP contribution in [-0.2, 0) is 0 Å². The van der Waals surface area contributed by atoms with E-state index in [4.69, 9.17) is 5.73 Å². The predicted molar refractivity (Wildman–Crippen MR) is 72.8 cm³/mol. The standard InChI is InChI=1S/C15H22F2N2/c1-11-5-3-2-4-8-19(11)15(10-18)13-7-6-12(16)9-14(13)17/h6-7,9,11,15H,2-5,8,10,18H2,1H3. The fraction of sp³-hybridized carbons (Fsp3) is 0.600. The molecule has 106 valence electrons. The molecule has 2 atom stereocenters. The van der Waals surface area contributed by atoms with E-state index < -0.39 is 11.6 Å². The summed E-state index contributed by atoms with van der Waals surface area (Å²) in [4.78, 5) is 2.27. The minimum Gasteiger partial charge on any atom is -0.329 e. The molecule has 1 aliphatic heterocycles. The Morgan fingerprint density at radius 2 is 2.11 bits per heavy atom. The molecule has 4 heteroatoms. The zero-order chi connectivity index (χ0) is 13.8. The molecule has 1 aromatic rings. The van der Waals surface area contributed by atoms with Crippen molar-refractivity contribution >= 4 is 0 Å². The van der Waals surface area contributed by atoms with E-state index in [0.29, 0.717) is 18.2 Å². The Balaban J connectivity index is 2.27. The van der Waals surface area contributed by atoms with E-state index in [1.54, 1.807) is 0 Å². The van der Waals surface area contributed by atoms with E-state index >= 15 is 0 Å². The number of benzene rings is 1. The van der Waals surface area contributed by atoms with E-state index in [0.717, 1.165) is 25.5 Å². The quantitative estimate of drug-likeness (QED) is 0.912. The number of nitrogens with zero attached hydrogens (tertiary/aromatic N) is 1. The number of hydrogen-bond acceptors (Lipinski definition) is 2. The maximum Gasteiger partial charge on any atom is 0.130 e. The second-order valence-electron chi connectivity index (χ2n) is 5.35. The zero-order valence-electron chi connectivity index (χ0n) is 11.4. The maximum atomic E-state index is 13.9. The van der Waals surface area contributed by atoms with E-state index in [2.05, 4.69) is 11.8 Å². The smallest absolute Gasteiger partial charge is 0.130 e. The Morgan fingerprint density at radius 1 is 1.32 bits per heavy atom. The van der Waals surface area contributed by atoms with Crippen LogP contribution in [0.1, 0.15) is 44.2 Å². The summed E-state index contributed by atoms with van der Waals surface area (Å²) >= 11 is 0. The highest BCUT2D eigenvalue weighted by Gasteiger charge is 2.27. The molecule has 2 N–H and O–H groups in total. The first kappa shape index (κ1) is 14.4. The van der Waals surface area contributed by atoms with E-state index in [-0.39, 0.29) is 6.04 Å². The van der Waals surface area contributed by atoms with Gasteiger partial charge in [-0.2, -0.15) is 0 Å². The fourth-order valence-corrected chi connectivity index (χ4v) is 2.97. The molecule has 1 fully saturated rings. The van der Waals surface area contributed by atoms with Gasteiger partial charge in [0.15, 0.2) is 0 Å². The van der Waals surface area contributed by atoms with Gasteiger partial charge in [-0.1, -0.05) is 18.9 Å². The van der Waals surface area contributed by atoms with Crippen LogP contribution < -0.4 is 5.73 Å². The van der Waals surface area contributed by atoms with Crippen LogP contribution in [0.4, 0.5) is 8.78 Å². The van der Waals surface area contributed by atoms with Crippen molar-refractivity contribution in [1.29, 1.82) is 0 Å². The molecule has 19 heavy (non-hydrogen) atoms. The van der Waals surface area contributed by atoms with Crippen LogP contribution in [0, 0.1) is 11.6 Å². The summed E-state index contributed by atoms with van der Waals surface area (Å²) in [7, 11) is 0. The molecule has 1 saturated heterocycles. The van der Waals surface area contributed by atoms with Crippen LogP contribution in [0.5, 0.6) is 0 Å². The Morgan fingerprint density at radius 3 is 2.79 bits per heavy atom. The van der Waals surface area contributed by atoms with Gasteiger partial charge in [-0.15, -0.1) is 0 Å². The number of halogens is 2. The number of rotatable bonds is 3. The molecule has 0 aliphatic carbocycles.